The van der Waals surface area contributed by atoms with E-state index in [4.69, 9.17) is 0 Å². The van der Waals surface area contributed by atoms with Gasteiger partial charge in [-0.15, -0.1) is 0 Å². The molecule has 6 nitrogen and oxygen atoms in total. The Morgan fingerprint density at radius 2 is 1.65 bits per heavy atom. The summed E-state index contributed by atoms with van der Waals surface area (Å²) in [5.41, 5.74) is 4.60. The molecule has 8 heteroatoms. The maximum atomic E-state index is 13.2. The van der Waals surface area contributed by atoms with Crippen LogP contribution < -0.4 is 5.43 Å². The molecule has 3 aromatic carbocycles. The van der Waals surface area contributed by atoms with Crippen molar-refractivity contribution in [2.45, 2.75) is 18.4 Å². The highest BCUT2D eigenvalue weighted by atomic mass is 32.2. The Morgan fingerprint density at radius 1 is 1.00 bits per heavy atom. The average molecular weight is 440 g/mol. The lowest BCUT2D eigenvalue weighted by molar-refractivity contribution is -0.121. The van der Waals surface area contributed by atoms with E-state index < -0.39 is 22.5 Å². The smallest absolute Gasteiger partial charge is 0.255 e. The van der Waals surface area contributed by atoms with Crippen LogP contribution >= 0.6 is 0 Å². The standard InChI is InChI=1S/C23H22FN3O3S/c1-18-7-13-22(14-8-18)31(29,30)27(16-20-5-3-2-4-6-20)17-23(28)26-25-15-19-9-11-21(24)12-10-19/h2-15H,16-17H2,1H3,(H,26,28)/b25-15-. The molecule has 0 unspecified atom stereocenters. The number of carbonyl (C=O) groups is 1. The number of sulfonamides is 1. The Balaban J connectivity index is 1.76. The van der Waals surface area contributed by atoms with Gasteiger partial charge in [-0.05, 0) is 42.3 Å². The minimum absolute atomic E-state index is 0.0339. The molecular weight excluding hydrogens is 417 g/mol. The third-order valence-corrected chi connectivity index (χ3v) is 6.26. The second kappa shape index (κ2) is 10.1. The molecule has 0 spiro atoms. The van der Waals surface area contributed by atoms with Crippen molar-refractivity contribution < 1.29 is 17.6 Å². The van der Waals surface area contributed by atoms with Gasteiger partial charge in [0, 0.05) is 6.54 Å². The summed E-state index contributed by atoms with van der Waals surface area (Å²) in [6.45, 7) is 1.49. The zero-order valence-corrected chi connectivity index (χ0v) is 17.7. The van der Waals surface area contributed by atoms with Crippen LogP contribution in [0.15, 0.2) is 88.9 Å². The molecular formula is C23H22FN3O3S. The van der Waals surface area contributed by atoms with Crippen LogP contribution in [0.2, 0.25) is 0 Å². The van der Waals surface area contributed by atoms with Crippen molar-refractivity contribution in [3.63, 3.8) is 0 Å². The molecule has 0 saturated carbocycles. The maximum Gasteiger partial charge on any atom is 0.255 e. The van der Waals surface area contributed by atoms with Gasteiger partial charge in [-0.2, -0.15) is 9.41 Å². The normalized spacial score (nSPS) is 11.7. The van der Waals surface area contributed by atoms with E-state index in [0.717, 1.165) is 15.4 Å². The lowest BCUT2D eigenvalue weighted by Gasteiger charge is -2.21. The van der Waals surface area contributed by atoms with Gasteiger partial charge in [0.1, 0.15) is 5.82 Å². The molecule has 0 fully saturated rings. The zero-order chi connectivity index (χ0) is 22.3. The number of amides is 1. The second-order valence-electron chi connectivity index (χ2n) is 6.92. The van der Waals surface area contributed by atoms with E-state index in [2.05, 4.69) is 10.5 Å². The van der Waals surface area contributed by atoms with Crippen molar-refractivity contribution in [2.24, 2.45) is 5.10 Å². The number of hydrazone groups is 1. The topological polar surface area (TPSA) is 78.8 Å². The van der Waals surface area contributed by atoms with E-state index in [1.807, 2.05) is 13.0 Å². The summed E-state index contributed by atoms with van der Waals surface area (Å²) in [7, 11) is -3.91. The van der Waals surface area contributed by atoms with Crippen LogP contribution in [0.4, 0.5) is 4.39 Å². The highest BCUT2D eigenvalue weighted by Crippen LogP contribution is 2.19. The molecule has 0 aliphatic rings. The van der Waals surface area contributed by atoms with Crippen molar-refractivity contribution in [1.82, 2.24) is 9.73 Å². The van der Waals surface area contributed by atoms with Crippen LogP contribution in [0.1, 0.15) is 16.7 Å². The molecule has 0 aliphatic carbocycles. The van der Waals surface area contributed by atoms with Crippen molar-refractivity contribution >= 4 is 22.1 Å². The first-order valence-electron chi connectivity index (χ1n) is 9.53. The summed E-state index contributed by atoms with van der Waals surface area (Å²) in [5.74, 6) is -0.968. The minimum Gasteiger partial charge on any atom is -0.272 e. The van der Waals surface area contributed by atoms with Gasteiger partial charge in [-0.1, -0.05) is 60.2 Å². The number of nitrogens with one attached hydrogen (secondary N) is 1. The Hall–Kier alpha value is -3.36. The Kier molecular flexibility index (Phi) is 7.28. The number of aryl methyl sites for hydroxylation is 1. The highest BCUT2D eigenvalue weighted by Gasteiger charge is 2.26. The molecule has 0 radical (unpaired) electrons. The lowest BCUT2D eigenvalue weighted by atomic mass is 10.2. The quantitative estimate of drug-likeness (QED) is 0.431. The van der Waals surface area contributed by atoms with Crippen molar-refractivity contribution in [3.05, 3.63) is 101 Å². The number of hydrogen-bond donors (Lipinski definition) is 1. The van der Waals surface area contributed by atoms with Gasteiger partial charge >= 0.3 is 0 Å². The number of rotatable bonds is 8. The van der Waals surface area contributed by atoms with E-state index >= 15 is 0 Å². The molecule has 31 heavy (non-hydrogen) atoms. The molecule has 0 atom stereocenters. The summed E-state index contributed by atoms with van der Waals surface area (Å²) in [4.78, 5) is 12.5. The first kappa shape index (κ1) is 22.3. The van der Waals surface area contributed by atoms with Crippen LogP contribution in [0.3, 0.4) is 0 Å². The third kappa shape index (κ3) is 6.31. The highest BCUT2D eigenvalue weighted by molar-refractivity contribution is 7.89. The Labute approximate surface area is 181 Å². The van der Waals surface area contributed by atoms with E-state index in [1.165, 1.54) is 42.6 Å². The van der Waals surface area contributed by atoms with Crippen molar-refractivity contribution in [2.75, 3.05) is 6.54 Å². The summed E-state index contributed by atoms with van der Waals surface area (Å²) in [5, 5.41) is 3.83. The molecule has 0 aromatic heterocycles. The van der Waals surface area contributed by atoms with Gasteiger partial charge in [0.15, 0.2) is 0 Å². The van der Waals surface area contributed by atoms with Gasteiger partial charge < -0.3 is 0 Å². The first-order valence-corrected chi connectivity index (χ1v) is 11.0. The van der Waals surface area contributed by atoms with Crippen LogP contribution in [-0.4, -0.2) is 31.4 Å². The predicted octanol–water partition coefficient (Wildman–Crippen LogP) is 3.48. The first-order chi connectivity index (χ1) is 14.8. The fraction of sp³-hybridized carbons (Fsp3) is 0.130. The molecule has 0 bridgehead atoms. The second-order valence-corrected chi connectivity index (χ2v) is 8.85. The predicted molar refractivity (Wildman–Crippen MR) is 117 cm³/mol. The number of benzene rings is 3. The molecule has 1 N–H and O–H groups in total. The number of carbonyl (C=O) groups excluding carboxylic acids is 1. The van der Waals surface area contributed by atoms with E-state index in [-0.39, 0.29) is 17.3 Å². The molecule has 0 aliphatic heterocycles. The van der Waals surface area contributed by atoms with Crippen molar-refractivity contribution in [1.29, 1.82) is 0 Å². The minimum atomic E-state index is -3.91. The lowest BCUT2D eigenvalue weighted by Crippen LogP contribution is -2.39. The van der Waals surface area contributed by atoms with E-state index in [0.29, 0.717) is 5.56 Å². The Bertz CT molecular complexity index is 1150. The van der Waals surface area contributed by atoms with Crippen molar-refractivity contribution in [3.8, 4) is 0 Å². The summed E-state index contributed by atoms with van der Waals surface area (Å²) >= 11 is 0. The van der Waals surface area contributed by atoms with Gasteiger partial charge in [-0.3, -0.25) is 4.79 Å². The largest absolute Gasteiger partial charge is 0.272 e. The van der Waals surface area contributed by atoms with Gasteiger partial charge in [0.2, 0.25) is 10.0 Å². The fourth-order valence-electron chi connectivity index (χ4n) is 2.80. The van der Waals surface area contributed by atoms with Crippen LogP contribution in [0.5, 0.6) is 0 Å². The molecule has 3 rings (SSSR count). The number of halogens is 1. The summed E-state index contributed by atoms with van der Waals surface area (Å²) in [6, 6.07) is 21.1. The van der Waals surface area contributed by atoms with Crippen LogP contribution in [0.25, 0.3) is 0 Å². The Morgan fingerprint density at radius 3 is 2.29 bits per heavy atom. The maximum absolute atomic E-state index is 13.2. The molecule has 160 valence electrons. The molecule has 0 heterocycles. The van der Waals surface area contributed by atoms with E-state index in [1.54, 1.807) is 36.4 Å². The SMILES string of the molecule is Cc1ccc(S(=O)(=O)N(CC(=O)N/N=C\c2ccc(F)cc2)Cc2ccccc2)cc1. The number of hydrogen-bond acceptors (Lipinski definition) is 4. The van der Waals surface area contributed by atoms with Crippen LogP contribution in [-0.2, 0) is 21.4 Å². The number of nitrogens with zero attached hydrogens (tertiary/aromatic N) is 2. The monoisotopic (exact) mass is 439 g/mol. The molecule has 3 aromatic rings. The van der Waals surface area contributed by atoms with Crippen LogP contribution in [0, 0.1) is 12.7 Å². The van der Waals surface area contributed by atoms with E-state index in [9.17, 15) is 17.6 Å². The van der Waals surface area contributed by atoms with Gasteiger partial charge in [0.25, 0.3) is 5.91 Å². The summed E-state index contributed by atoms with van der Waals surface area (Å²) in [6.07, 6.45) is 1.35. The third-order valence-electron chi connectivity index (χ3n) is 4.45. The molecule has 0 saturated heterocycles. The molecule has 1 amide bonds. The van der Waals surface area contributed by atoms with Gasteiger partial charge in [0.05, 0.1) is 17.7 Å². The fourth-order valence-corrected chi connectivity index (χ4v) is 4.18. The van der Waals surface area contributed by atoms with Gasteiger partial charge in [-0.25, -0.2) is 18.2 Å². The zero-order valence-electron chi connectivity index (χ0n) is 16.9. The summed E-state index contributed by atoms with van der Waals surface area (Å²) < 4.78 is 40.4. The average Bonchev–Trinajstić information content (AvgIpc) is 2.76.